The summed E-state index contributed by atoms with van der Waals surface area (Å²) in [6, 6.07) is 6.86. The molecule has 0 aromatic heterocycles. The number of hydrogen-bond acceptors (Lipinski definition) is 1. The van der Waals surface area contributed by atoms with Crippen molar-refractivity contribution in [2.75, 3.05) is 6.54 Å². The normalized spacial score (nSPS) is 16.2. The number of hydrogen-bond donors (Lipinski definition) is 1. The molecule has 0 saturated heterocycles. The highest BCUT2D eigenvalue weighted by Gasteiger charge is 2.23. The van der Waals surface area contributed by atoms with Crippen LogP contribution < -0.4 is 5.73 Å². The van der Waals surface area contributed by atoms with Gasteiger partial charge in [-0.05, 0) is 55.3 Å². The molecule has 0 atom stereocenters. The summed E-state index contributed by atoms with van der Waals surface area (Å²) < 4.78 is 0. The number of aryl methyl sites for hydroxylation is 1. The number of rotatable bonds is 3. The second-order valence-corrected chi connectivity index (χ2v) is 4.00. The van der Waals surface area contributed by atoms with Gasteiger partial charge in [0.2, 0.25) is 0 Å². The molecule has 1 aromatic carbocycles. The molecule has 0 bridgehead atoms. The van der Waals surface area contributed by atoms with Gasteiger partial charge in [0.25, 0.3) is 0 Å². The first kappa shape index (κ1) is 8.76. The summed E-state index contributed by atoms with van der Waals surface area (Å²) in [6.07, 6.45) is 3.78. The fourth-order valence-electron chi connectivity index (χ4n) is 1.83. The lowest BCUT2D eigenvalue weighted by Gasteiger charge is -2.06. The van der Waals surface area contributed by atoms with Crippen molar-refractivity contribution < 1.29 is 0 Å². The van der Waals surface area contributed by atoms with E-state index in [2.05, 4.69) is 25.1 Å². The zero-order chi connectivity index (χ0) is 9.26. The van der Waals surface area contributed by atoms with Gasteiger partial charge in [-0.2, -0.15) is 0 Å². The van der Waals surface area contributed by atoms with E-state index in [1.807, 2.05) is 0 Å². The summed E-state index contributed by atoms with van der Waals surface area (Å²) in [5.41, 5.74) is 9.89. The highest BCUT2D eigenvalue weighted by atomic mass is 14.5. The van der Waals surface area contributed by atoms with Crippen LogP contribution in [0.2, 0.25) is 0 Å². The molecule has 1 aromatic rings. The van der Waals surface area contributed by atoms with Crippen molar-refractivity contribution in [3.8, 4) is 0 Å². The zero-order valence-corrected chi connectivity index (χ0v) is 8.22. The first-order chi connectivity index (χ1) is 6.31. The van der Waals surface area contributed by atoms with Crippen LogP contribution in [0.25, 0.3) is 0 Å². The van der Waals surface area contributed by atoms with Crippen LogP contribution in [0.1, 0.15) is 35.4 Å². The average molecular weight is 175 g/mol. The Kier molecular flexibility index (Phi) is 2.36. The van der Waals surface area contributed by atoms with E-state index in [1.165, 1.54) is 29.5 Å². The minimum atomic E-state index is 0.754. The van der Waals surface area contributed by atoms with E-state index >= 15 is 0 Å². The van der Waals surface area contributed by atoms with Crippen LogP contribution in [-0.4, -0.2) is 6.54 Å². The zero-order valence-electron chi connectivity index (χ0n) is 8.22. The Morgan fingerprint density at radius 1 is 1.38 bits per heavy atom. The monoisotopic (exact) mass is 175 g/mol. The van der Waals surface area contributed by atoms with Crippen molar-refractivity contribution >= 4 is 0 Å². The quantitative estimate of drug-likeness (QED) is 0.750. The smallest absolute Gasteiger partial charge is 0.00366 e. The van der Waals surface area contributed by atoms with Gasteiger partial charge in [-0.1, -0.05) is 18.2 Å². The number of benzene rings is 1. The highest BCUT2D eigenvalue weighted by molar-refractivity contribution is 5.34. The van der Waals surface area contributed by atoms with Gasteiger partial charge >= 0.3 is 0 Å². The third-order valence-corrected chi connectivity index (χ3v) is 2.83. The lowest BCUT2D eigenvalue weighted by Crippen LogP contribution is -2.04. The van der Waals surface area contributed by atoms with Gasteiger partial charge in [0, 0.05) is 0 Å². The van der Waals surface area contributed by atoms with Gasteiger partial charge in [-0.3, -0.25) is 0 Å². The fraction of sp³-hybridized carbons (Fsp3) is 0.500. The first-order valence-electron chi connectivity index (χ1n) is 5.11. The third kappa shape index (κ3) is 1.92. The highest BCUT2D eigenvalue weighted by Crippen LogP contribution is 2.40. The van der Waals surface area contributed by atoms with E-state index in [4.69, 9.17) is 5.73 Å². The molecule has 1 fully saturated rings. The van der Waals surface area contributed by atoms with Gasteiger partial charge in [-0.25, -0.2) is 0 Å². The lowest BCUT2D eigenvalue weighted by atomic mass is 10.0. The Bertz CT molecular complexity index is 300. The maximum absolute atomic E-state index is 5.54. The van der Waals surface area contributed by atoms with Gasteiger partial charge in [0.05, 0.1) is 0 Å². The van der Waals surface area contributed by atoms with Crippen LogP contribution in [-0.2, 0) is 6.42 Å². The Balaban J connectivity index is 2.21. The van der Waals surface area contributed by atoms with Gasteiger partial charge in [0.15, 0.2) is 0 Å². The van der Waals surface area contributed by atoms with Crippen molar-refractivity contribution in [1.82, 2.24) is 0 Å². The molecule has 2 rings (SSSR count). The van der Waals surface area contributed by atoms with Crippen molar-refractivity contribution in [2.45, 2.75) is 32.1 Å². The van der Waals surface area contributed by atoms with Crippen LogP contribution in [0, 0.1) is 6.92 Å². The molecule has 0 radical (unpaired) electrons. The predicted octanol–water partition coefficient (Wildman–Crippen LogP) is 2.37. The molecule has 70 valence electrons. The van der Waals surface area contributed by atoms with E-state index in [0.29, 0.717) is 0 Å². The minimum Gasteiger partial charge on any atom is -0.330 e. The topological polar surface area (TPSA) is 26.0 Å². The SMILES string of the molecule is Cc1cc(C2CC2)ccc1CCN. The van der Waals surface area contributed by atoms with Crippen molar-refractivity contribution in [2.24, 2.45) is 5.73 Å². The van der Waals surface area contributed by atoms with Crippen LogP contribution in [0.5, 0.6) is 0 Å². The molecule has 1 aliphatic carbocycles. The van der Waals surface area contributed by atoms with E-state index in [-0.39, 0.29) is 0 Å². The molecule has 1 nitrogen and oxygen atoms in total. The summed E-state index contributed by atoms with van der Waals surface area (Å²) in [5, 5.41) is 0. The number of nitrogens with two attached hydrogens (primary N) is 1. The molecule has 13 heavy (non-hydrogen) atoms. The van der Waals surface area contributed by atoms with Gasteiger partial charge in [0.1, 0.15) is 0 Å². The van der Waals surface area contributed by atoms with Crippen molar-refractivity contribution in [3.05, 3.63) is 34.9 Å². The largest absolute Gasteiger partial charge is 0.330 e. The van der Waals surface area contributed by atoms with Gasteiger partial charge < -0.3 is 5.73 Å². The molecular formula is C12H17N. The van der Waals surface area contributed by atoms with E-state index < -0.39 is 0 Å². The second-order valence-electron chi connectivity index (χ2n) is 4.00. The summed E-state index contributed by atoms with van der Waals surface area (Å²) in [6.45, 7) is 2.94. The molecule has 0 unspecified atom stereocenters. The maximum Gasteiger partial charge on any atom is -0.00366 e. The Hall–Kier alpha value is -0.820. The summed E-state index contributed by atoms with van der Waals surface area (Å²) in [7, 11) is 0. The second kappa shape index (κ2) is 3.51. The Labute approximate surface area is 80.0 Å². The van der Waals surface area contributed by atoms with E-state index in [9.17, 15) is 0 Å². The van der Waals surface area contributed by atoms with Crippen LogP contribution in [0.15, 0.2) is 18.2 Å². The van der Waals surface area contributed by atoms with Crippen molar-refractivity contribution in [3.63, 3.8) is 0 Å². The molecule has 1 saturated carbocycles. The first-order valence-corrected chi connectivity index (χ1v) is 5.11. The average Bonchev–Trinajstić information content (AvgIpc) is 2.91. The minimum absolute atomic E-state index is 0.754. The Morgan fingerprint density at radius 3 is 2.69 bits per heavy atom. The predicted molar refractivity (Wildman–Crippen MR) is 55.9 cm³/mol. The third-order valence-electron chi connectivity index (χ3n) is 2.83. The molecule has 2 N–H and O–H groups in total. The van der Waals surface area contributed by atoms with Crippen LogP contribution >= 0.6 is 0 Å². The molecule has 0 amide bonds. The van der Waals surface area contributed by atoms with Gasteiger partial charge in [-0.15, -0.1) is 0 Å². The fourth-order valence-corrected chi connectivity index (χ4v) is 1.83. The molecular weight excluding hydrogens is 158 g/mol. The summed E-state index contributed by atoms with van der Waals surface area (Å²) in [5.74, 6) is 0.866. The molecule has 0 heterocycles. The van der Waals surface area contributed by atoms with Crippen LogP contribution in [0.4, 0.5) is 0 Å². The molecule has 0 aliphatic heterocycles. The van der Waals surface area contributed by atoms with E-state index in [0.717, 1.165) is 18.9 Å². The van der Waals surface area contributed by atoms with E-state index in [1.54, 1.807) is 0 Å². The lowest BCUT2D eigenvalue weighted by molar-refractivity contribution is 0.953. The molecule has 1 aliphatic rings. The summed E-state index contributed by atoms with van der Waals surface area (Å²) in [4.78, 5) is 0. The van der Waals surface area contributed by atoms with Crippen molar-refractivity contribution in [1.29, 1.82) is 0 Å². The molecule has 0 spiro atoms. The standard InChI is InChI=1S/C12H17N/c1-9-8-12(11-3-4-11)5-2-10(9)6-7-13/h2,5,8,11H,3-4,6-7,13H2,1H3. The summed E-state index contributed by atoms with van der Waals surface area (Å²) >= 11 is 0. The maximum atomic E-state index is 5.54. The Morgan fingerprint density at radius 2 is 2.15 bits per heavy atom. The van der Waals surface area contributed by atoms with Crippen LogP contribution in [0.3, 0.4) is 0 Å². The molecule has 1 heteroatoms.